The molecule has 0 radical (unpaired) electrons. The van der Waals surface area contributed by atoms with Crippen LogP contribution in [-0.4, -0.2) is 52.0 Å². The molecule has 0 aliphatic heterocycles. The topological polar surface area (TPSA) is 122 Å². The van der Waals surface area contributed by atoms with Crippen molar-refractivity contribution in [1.29, 1.82) is 0 Å². The lowest BCUT2D eigenvalue weighted by molar-refractivity contribution is -0.131. The average Bonchev–Trinajstić information content (AvgIpc) is 2.49. The molecule has 0 aliphatic carbocycles. The summed E-state index contributed by atoms with van der Waals surface area (Å²) in [6, 6.07) is -1.33. The average molecular weight is 375 g/mol. The van der Waals surface area contributed by atoms with Gasteiger partial charge in [0.1, 0.15) is 11.7 Å². The van der Waals surface area contributed by atoms with Gasteiger partial charge in [-0.15, -0.1) is 0 Å². The number of ketones is 1. The number of ether oxygens (including phenoxy) is 1. The maximum atomic E-state index is 12.3. The summed E-state index contributed by atoms with van der Waals surface area (Å²) < 4.78 is 5.22. The third-order valence-corrected chi connectivity index (χ3v) is 4.30. The second-order valence-electron chi connectivity index (χ2n) is 8.53. The number of nitrogens with two attached hydrogens (primary N) is 1. The standard InChI is InChI=1S/C19H38N2O5/c1-8-12(4)16(20)17(24)15(23)10-14(22)13(9-11(2)3)21-18(25)26-19(5,6)7/h11-14,16-17,22,24H,8-10,20H2,1-7H3,(H,21,25)/t12-,13-,14?,16-,17?/m0/s1. The predicted molar refractivity (Wildman–Crippen MR) is 102 cm³/mol. The monoisotopic (exact) mass is 374 g/mol. The summed E-state index contributed by atoms with van der Waals surface area (Å²) in [6.45, 7) is 12.9. The van der Waals surface area contributed by atoms with Gasteiger partial charge in [-0.05, 0) is 39.0 Å². The lowest BCUT2D eigenvalue weighted by atomic mass is 9.89. The molecular formula is C19H38N2O5. The minimum absolute atomic E-state index is 0.0163. The molecule has 154 valence electrons. The SMILES string of the molecule is CC[C@H](C)[C@H](N)C(O)C(=O)CC(O)[C@H](CC(C)C)NC(=O)OC(C)(C)C. The number of hydrogen-bond acceptors (Lipinski definition) is 6. The van der Waals surface area contributed by atoms with E-state index in [4.69, 9.17) is 10.5 Å². The molecule has 2 unspecified atom stereocenters. The van der Waals surface area contributed by atoms with E-state index in [2.05, 4.69) is 5.32 Å². The smallest absolute Gasteiger partial charge is 0.407 e. The molecule has 0 heterocycles. The Kier molecular flexibility index (Phi) is 10.4. The number of hydrogen-bond donors (Lipinski definition) is 4. The first-order valence-electron chi connectivity index (χ1n) is 9.42. The number of Topliss-reactive ketones (excluding diaryl/α,β-unsaturated/α-hetero) is 1. The third kappa shape index (κ3) is 9.50. The molecule has 7 heteroatoms. The van der Waals surface area contributed by atoms with Gasteiger partial charge in [0.25, 0.3) is 0 Å². The fourth-order valence-electron chi connectivity index (χ4n) is 2.55. The van der Waals surface area contributed by atoms with Gasteiger partial charge >= 0.3 is 6.09 Å². The highest BCUT2D eigenvalue weighted by atomic mass is 16.6. The maximum Gasteiger partial charge on any atom is 0.407 e. The van der Waals surface area contributed by atoms with E-state index < -0.39 is 41.8 Å². The van der Waals surface area contributed by atoms with E-state index >= 15 is 0 Å². The molecule has 1 amide bonds. The molecule has 26 heavy (non-hydrogen) atoms. The van der Waals surface area contributed by atoms with Crippen molar-refractivity contribution < 1.29 is 24.5 Å². The molecule has 5 N–H and O–H groups in total. The Balaban J connectivity index is 4.94. The first kappa shape index (κ1) is 24.8. The second-order valence-corrected chi connectivity index (χ2v) is 8.53. The first-order chi connectivity index (χ1) is 11.8. The minimum Gasteiger partial charge on any atom is -0.444 e. The molecule has 0 aromatic heterocycles. The van der Waals surface area contributed by atoms with Gasteiger partial charge in [0.2, 0.25) is 0 Å². The van der Waals surface area contributed by atoms with Crippen molar-refractivity contribution in [2.45, 2.75) is 97.6 Å². The molecule has 0 aromatic rings. The number of amides is 1. The summed E-state index contributed by atoms with van der Waals surface area (Å²) in [6.07, 6.45) is -2.17. The maximum absolute atomic E-state index is 12.3. The van der Waals surface area contributed by atoms with Crippen LogP contribution in [0.1, 0.15) is 67.7 Å². The Morgan fingerprint density at radius 1 is 1.15 bits per heavy atom. The molecule has 0 aromatic carbocycles. The number of aliphatic hydroxyl groups is 2. The summed E-state index contributed by atoms with van der Waals surface area (Å²) in [7, 11) is 0. The van der Waals surface area contributed by atoms with Crippen LogP contribution in [0.15, 0.2) is 0 Å². The molecule has 0 rings (SSSR count). The Morgan fingerprint density at radius 2 is 1.69 bits per heavy atom. The van der Waals surface area contributed by atoms with Gasteiger partial charge < -0.3 is 26.0 Å². The number of rotatable bonds is 10. The summed E-state index contributed by atoms with van der Waals surface area (Å²) in [5, 5.41) is 23.2. The van der Waals surface area contributed by atoms with Crippen LogP contribution >= 0.6 is 0 Å². The molecule has 5 atom stereocenters. The first-order valence-corrected chi connectivity index (χ1v) is 9.42. The Bertz CT molecular complexity index is 448. The molecule has 0 bridgehead atoms. The fourth-order valence-corrected chi connectivity index (χ4v) is 2.55. The highest BCUT2D eigenvalue weighted by molar-refractivity contribution is 5.84. The van der Waals surface area contributed by atoms with Crippen molar-refractivity contribution in [1.82, 2.24) is 5.32 Å². The number of carbonyl (C=O) groups excluding carboxylic acids is 2. The van der Waals surface area contributed by atoms with Crippen molar-refractivity contribution in [2.75, 3.05) is 0 Å². The van der Waals surface area contributed by atoms with Crippen LogP contribution in [-0.2, 0) is 9.53 Å². The van der Waals surface area contributed by atoms with Gasteiger partial charge in [-0.25, -0.2) is 4.79 Å². The third-order valence-electron chi connectivity index (χ3n) is 4.30. The Morgan fingerprint density at radius 3 is 2.12 bits per heavy atom. The highest BCUT2D eigenvalue weighted by Crippen LogP contribution is 2.16. The summed E-state index contributed by atoms with van der Waals surface area (Å²) in [5.74, 6) is -0.352. The van der Waals surface area contributed by atoms with Crippen molar-refractivity contribution in [3.63, 3.8) is 0 Å². The number of nitrogens with one attached hydrogen (secondary N) is 1. The van der Waals surface area contributed by atoms with Gasteiger partial charge in [0, 0.05) is 12.5 Å². The number of alkyl carbamates (subject to hydrolysis) is 1. The Labute approximate surface area is 157 Å². The molecule has 0 fully saturated rings. The molecule has 0 saturated heterocycles. The van der Waals surface area contributed by atoms with Crippen LogP contribution < -0.4 is 11.1 Å². The van der Waals surface area contributed by atoms with Crippen molar-refractivity contribution >= 4 is 11.9 Å². The quantitative estimate of drug-likeness (QED) is 0.464. The van der Waals surface area contributed by atoms with Crippen LogP contribution in [0, 0.1) is 11.8 Å². The van der Waals surface area contributed by atoms with Gasteiger partial charge in [-0.3, -0.25) is 4.79 Å². The fraction of sp³-hybridized carbons (Fsp3) is 0.895. The van der Waals surface area contributed by atoms with Gasteiger partial charge in [0.15, 0.2) is 5.78 Å². The molecule has 0 spiro atoms. The highest BCUT2D eigenvalue weighted by Gasteiger charge is 2.32. The summed E-state index contributed by atoms with van der Waals surface area (Å²) in [4.78, 5) is 24.3. The van der Waals surface area contributed by atoms with Crippen LogP contribution in [0.4, 0.5) is 4.79 Å². The largest absolute Gasteiger partial charge is 0.444 e. The summed E-state index contributed by atoms with van der Waals surface area (Å²) >= 11 is 0. The van der Waals surface area contributed by atoms with E-state index in [0.29, 0.717) is 6.42 Å². The summed E-state index contributed by atoms with van der Waals surface area (Å²) in [5.41, 5.74) is 5.25. The van der Waals surface area contributed by atoms with E-state index in [1.54, 1.807) is 20.8 Å². The van der Waals surface area contributed by atoms with E-state index in [9.17, 15) is 19.8 Å². The van der Waals surface area contributed by atoms with Crippen molar-refractivity contribution in [2.24, 2.45) is 17.6 Å². The number of carbonyl (C=O) groups is 2. The zero-order chi connectivity index (χ0) is 20.7. The zero-order valence-corrected chi connectivity index (χ0v) is 17.3. The zero-order valence-electron chi connectivity index (χ0n) is 17.3. The van der Waals surface area contributed by atoms with Crippen LogP contribution in [0.3, 0.4) is 0 Å². The van der Waals surface area contributed by atoms with E-state index in [1.807, 2.05) is 27.7 Å². The van der Waals surface area contributed by atoms with Gasteiger partial charge in [-0.1, -0.05) is 34.1 Å². The van der Waals surface area contributed by atoms with Crippen LogP contribution in [0.2, 0.25) is 0 Å². The lowest BCUT2D eigenvalue weighted by Crippen LogP contribution is -2.49. The molecular weight excluding hydrogens is 336 g/mol. The van der Waals surface area contributed by atoms with E-state index in [-0.39, 0.29) is 18.3 Å². The van der Waals surface area contributed by atoms with E-state index in [1.165, 1.54) is 0 Å². The van der Waals surface area contributed by atoms with Crippen molar-refractivity contribution in [3.05, 3.63) is 0 Å². The van der Waals surface area contributed by atoms with Crippen molar-refractivity contribution in [3.8, 4) is 0 Å². The number of aliphatic hydroxyl groups excluding tert-OH is 2. The van der Waals surface area contributed by atoms with Crippen LogP contribution in [0.5, 0.6) is 0 Å². The molecule has 7 nitrogen and oxygen atoms in total. The molecule has 0 aliphatic rings. The lowest BCUT2D eigenvalue weighted by Gasteiger charge is -2.29. The minimum atomic E-state index is -1.33. The predicted octanol–water partition coefficient (Wildman–Crippen LogP) is 1.98. The molecule has 0 saturated carbocycles. The van der Waals surface area contributed by atoms with Crippen LogP contribution in [0.25, 0.3) is 0 Å². The van der Waals surface area contributed by atoms with E-state index in [0.717, 1.165) is 6.42 Å². The van der Waals surface area contributed by atoms with Gasteiger partial charge in [0.05, 0.1) is 12.1 Å². The normalized spacial score (nSPS) is 18.0. The second kappa shape index (κ2) is 10.8. The Hall–Kier alpha value is -1.18. The van der Waals surface area contributed by atoms with Gasteiger partial charge in [-0.2, -0.15) is 0 Å².